The highest BCUT2D eigenvalue weighted by molar-refractivity contribution is 7.89. The average Bonchev–Trinajstić information content (AvgIpc) is 3.43. The Morgan fingerprint density at radius 2 is 1.89 bits per heavy atom. The molecule has 2 aliphatic carbocycles. The monoisotopic (exact) mass is 399 g/mol. The number of sulfonamides is 1. The zero-order valence-electron chi connectivity index (χ0n) is 15.8. The van der Waals surface area contributed by atoms with Crippen molar-refractivity contribution >= 4 is 15.9 Å². The normalized spacial score (nSPS) is 17.6. The Balaban J connectivity index is 1.54. The van der Waals surface area contributed by atoms with Crippen molar-refractivity contribution in [3.63, 3.8) is 0 Å². The molecule has 7 heteroatoms. The second-order valence-corrected chi connectivity index (χ2v) is 9.37. The van der Waals surface area contributed by atoms with Gasteiger partial charge in [-0.15, -0.1) is 0 Å². The summed E-state index contributed by atoms with van der Waals surface area (Å²) in [6, 6.07) is 10.4. The fourth-order valence-electron chi connectivity index (χ4n) is 3.73. The lowest BCUT2D eigenvalue weighted by atomic mass is 10.1. The minimum atomic E-state index is -3.62. The second kappa shape index (κ2) is 8.01. The van der Waals surface area contributed by atoms with Crippen molar-refractivity contribution in [1.29, 1.82) is 0 Å². The van der Waals surface area contributed by atoms with Crippen LogP contribution in [0.4, 0.5) is 0 Å². The first-order valence-electron chi connectivity index (χ1n) is 9.85. The number of nitrogens with one attached hydrogen (secondary N) is 1. The van der Waals surface area contributed by atoms with Crippen LogP contribution in [0.3, 0.4) is 0 Å². The Hall–Kier alpha value is -2.25. The van der Waals surface area contributed by atoms with Gasteiger partial charge in [0.15, 0.2) is 0 Å². The molecule has 0 radical (unpaired) electrons. The van der Waals surface area contributed by atoms with Crippen molar-refractivity contribution in [2.24, 2.45) is 0 Å². The molecule has 6 nitrogen and oxygen atoms in total. The molecule has 1 heterocycles. The lowest BCUT2D eigenvalue weighted by Crippen LogP contribution is -2.34. The topological polar surface area (TPSA) is 79.4 Å². The first-order chi connectivity index (χ1) is 13.5. The number of rotatable bonds is 7. The molecule has 28 heavy (non-hydrogen) atoms. The molecule has 1 aromatic carbocycles. The summed E-state index contributed by atoms with van der Waals surface area (Å²) in [5, 5.41) is 0. The van der Waals surface area contributed by atoms with E-state index in [0.717, 1.165) is 44.1 Å². The summed E-state index contributed by atoms with van der Waals surface area (Å²) in [6.07, 6.45) is 9.28. The molecular weight excluding hydrogens is 374 g/mol. The molecule has 0 bridgehead atoms. The quantitative estimate of drug-likeness (QED) is 0.776. The Bertz CT molecular complexity index is 936. The second-order valence-electron chi connectivity index (χ2n) is 7.66. The van der Waals surface area contributed by atoms with Gasteiger partial charge in [-0.2, -0.15) is 0 Å². The summed E-state index contributed by atoms with van der Waals surface area (Å²) >= 11 is 0. The van der Waals surface area contributed by atoms with Crippen LogP contribution in [-0.4, -0.2) is 36.3 Å². The highest BCUT2D eigenvalue weighted by atomic mass is 32.2. The largest absolute Gasteiger partial charge is 0.331 e. The molecule has 2 fully saturated rings. The molecule has 2 aliphatic rings. The molecule has 0 aliphatic heterocycles. The average molecular weight is 400 g/mol. The van der Waals surface area contributed by atoms with E-state index < -0.39 is 10.0 Å². The van der Waals surface area contributed by atoms with Crippen LogP contribution in [0.2, 0.25) is 0 Å². The summed E-state index contributed by atoms with van der Waals surface area (Å²) in [4.78, 5) is 19.2. The number of hydrogen-bond acceptors (Lipinski definition) is 4. The van der Waals surface area contributed by atoms with Crippen molar-refractivity contribution in [2.75, 3.05) is 0 Å². The van der Waals surface area contributed by atoms with Crippen molar-refractivity contribution in [3.05, 3.63) is 59.9 Å². The molecule has 0 saturated heterocycles. The third-order valence-corrected chi connectivity index (χ3v) is 6.91. The van der Waals surface area contributed by atoms with Gasteiger partial charge in [0, 0.05) is 36.6 Å². The number of nitrogens with zero attached hydrogens (tertiary/aromatic N) is 2. The summed E-state index contributed by atoms with van der Waals surface area (Å²) in [5.41, 5.74) is 1.37. The minimum absolute atomic E-state index is 0.00194. The lowest BCUT2D eigenvalue weighted by Gasteiger charge is -2.23. The summed E-state index contributed by atoms with van der Waals surface area (Å²) in [6.45, 7) is 0.481. The Labute approximate surface area is 166 Å². The van der Waals surface area contributed by atoms with E-state index in [0.29, 0.717) is 12.1 Å². The summed E-state index contributed by atoms with van der Waals surface area (Å²) in [5.74, 6) is -0.135. The van der Waals surface area contributed by atoms with E-state index in [9.17, 15) is 13.2 Å². The van der Waals surface area contributed by atoms with Crippen LogP contribution in [0, 0.1) is 0 Å². The van der Waals surface area contributed by atoms with E-state index in [1.54, 1.807) is 30.6 Å². The van der Waals surface area contributed by atoms with Gasteiger partial charge in [0.25, 0.3) is 5.91 Å². The third-order valence-electron chi connectivity index (χ3n) is 5.39. The van der Waals surface area contributed by atoms with E-state index in [-0.39, 0.29) is 22.9 Å². The Kier molecular flexibility index (Phi) is 5.46. The standard InChI is InChI=1S/C21H25N3O3S/c25-21(24(19-10-11-19)15-16-5-4-12-22-14-16)17-6-3-9-20(13-17)28(26,27)23-18-7-1-2-8-18/h3-6,9,12-14,18-19,23H,1-2,7-8,10-11,15H2. The van der Waals surface area contributed by atoms with Crippen molar-refractivity contribution in [1.82, 2.24) is 14.6 Å². The van der Waals surface area contributed by atoms with Gasteiger partial charge in [-0.25, -0.2) is 13.1 Å². The smallest absolute Gasteiger partial charge is 0.254 e. The molecule has 4 rings (SSSR count). The van der Waals surface area contributed by atoms with E-state index in [2.05, 4.69) is 9.71 Å². The molecular formula is C21H25N3O3S. The predicted molar refractivity (Wildman–Crippen MR) is 106 cm³/mol. The first kappa shape index (κ1) is 19.1. The molecule has 0 atom stereocenters. The summed E-state index contributed by atoms with van der Waals surface area (Å²) in [7, 11) is -3.62. The minimum Gasteiger partial charge on any atom is -0.331 e. The van der Waals surface area contributed by atoms with Gasteiger partial charge in [-0.05, 0) is 55.5 Å². The maximum atomic E-state index is 13.1. The zero-order chi connectivity index (χ0) is 19.6. The van der Waals surface area contributed by atoms with Crippen LogP contribution in [-0.2, 0) is 16.6 Å². The number of hydrogen-bond donors (Lipinski definition) is 1. The fraction of sp³-hybridized carbons (Fsp3) is 0.429. The van der Waals surface area contributed by atoms with Crippen LogP contribution in [0.5, 0.6) is 0 Å². The summed E-state index contributed by atoms with van der Waals surface area (Å²) < 4.78 is 28.2. The van der Waals surface area contributed by atoms with Gasteiger partial charge in [0.2, 0.25) is 10.0 Å². The molecule has 0 unspecified atom stereocenters. The molecule has 148 valence electrons. The first-order valence-corrected chi connectivity index (χ1v) is 11.3. The van der Waals surface area contributed by atoms with Crippen LogP contribution >= 0.6 is 0 Å². The number of carbonyl (C=O) groups is 1. The van der Waals surface area contributed by atoms with Crippen molar-refractivity contribution in [2.45, 2.75) is 62.0 Å². The zero-order valence-corrected chi connectivity index (χ0v) is 16.6. The Morgan fingerprint density at radius 1 is 1.11 bits per heavy atom. The maximum Gasteiger partial charge on any atom is 0.254 e. The molecule has 1 amide bonds. The third kappa shape index (κ3) is 4.42. The van der Waals surface area contributed by atoms with Gasteiger partial charge in [-0.1, -0.05) is 25.0 Å². The lowest BCUT2D eigenvalue weighted by molar-refractivity contribution is 0.0729. The van der Waals surface area contributed by atoms with E-state index in [1.807, 2.05) is 17.0 Å². The van der Waals surface area contributed by atoms with E-state index in [4.69, 9.17) is 0 Å². The highest BCUT2D eigenvalue weighted by Crippen LogP contribution is 2.30. The van der Waals surface area contributed by atoms with Crippen molar-refractivity contribution < 1.29 is 13.2 Å². The van der Waals surface area contributed by atoms with Crippen LogP contribution in [0.15, 0.2) is 53.7 Å². The molecule has 0 spiro atoms. The maximum absolute atomic E-state index is 13.1. The number of aromatic nitrogens is 1. The van der Waals surface area contributed by atoms with E-state index >= 15 is 0 Å². The van der Waals surface area contributed by atoms with Crippen molar-refractivity contribution in [3.8, 4) is 0 Å². The SMILES string of the molecule is O=C(c1cccc(S(=O)(=O)NC2CCCC2)c1)N(Cc1cccnc1)C1CC1. The number of amides is 1. The van der Waals surface area contributed by atoms with E-state index in [1.165, 1.54) is 6.07 Å². The predicted octanol–water partition coefficient (Wildman–Crippen LogP) is 3.11. The number of carbonyl (C=O) groups excluding carboxylic acids is 1. The molecule has 2 aromatic rings. The van der Waals surface area contributed by atoms with Gasteiger partial charge < -0.3 is 4.90 Å². The Morgan fingerprint density at radius 3 is 2.57 bits per heavy atom. The molecule has 2 saturated carbocycles. The van der Waals surface area contributed by atoms with Gasteiger partial charge >= 0.3 is 0 Å². The van der Waals surface area contributed by atoms with Crippen LogP contribution in [0.1, 0.15) is 54.4 Å². The van der Waals surface area contributed by atoms with Gasteiger partial charge in [0.05, 0.1) is 4.90 Å². The van der Waals surface area contributed by atoms with Crippen LogP contribution in [0.25, 0.3) is 0 Å². The highest BCUT2D eigenvalue weighted by Gasteiger charge is 2.33. The molecule has 1 N–H and O–H groups in total. The fourth-order valence-corrected chi connectivity index (χ4v) is 5.08. The number of pyridine rings is 1. The van der Waals surface area contributed by atoms with Gasteiger partial charge in [0.1, 0.15) is 0 Å². The van der Waals surface area contributed by atoms with Gasteiger partial charge in [-0.3, -0.25) is 9.78 Å². The number of benzene rings is 1. The molecule has 1 aromatic heterocycles. The van der Waals surface area contributed by atoms with Crippen LogP contribution < -0.4 is 4.72 Å².